The first kappa shape index (κ1) is 62.9. The number of carbonyl (C=O) groups excluding carboxylic acids is 2. The van der Waals surface area contributed by atoms with E-state index in [4.69, 9.17) is 27.4 Å². The average Bonchev–Trinajstić information content (AvgIpc) is 4.39. The first-order valence-corrected chi connectivity index (χ1v) is 34.3. The van der Waals surface area contributed by atoms with E-state index in [-0.39, 0.29) is 33.5 Å². The minimum Gasteiger partial charge on any atom is -0.566 e. The van der Waals surface area contributed by atoms with Crippen LogP contribution in [0, 0.1) is 0 Å². The molecule has 2 amide bonds. The smallest absolute Gasteiger partial charge is 0.566 e. The molecule has 0 saturated carbocycles. The molecular weight excluding hydrogens is 1090 g/mol. The first-order valence-electron chi connectivity index (χ1n) is 26.3. The second kappa shape index (κ2) is 27.0. The second-order valence-electron chi connectivity index (χ2n) is 22.1. The summed E-state index contributed by atoms with van der Waals surface area (Å²) in [5.74, 6) is -0.223. The minimum atomic E-state index is -3.13. The molecule has 2 fully saturated rings. The summed E-state index contributed by atoms with van der Waals surface area (Å²) in [6, 6.07) is 17.5. The predicted octanol–water partition coefficient (Wildman–Crippen LogP) is 9.77. The van der Waals surface area contributed by atoms with E-state index in [1.165, 1.54) is 44.6 Å². The van der Waals surface area contributed by atoms with E-state index in [2.05, 4.69) is 109 Å². The van der Waals surface area contributed by atoms with Crippen LogP contribution in [0.3, 0.4) is 0 Å². The van der Waals surface area contributed by atoms with Gasteiger partial charge in [-0.3, -0.25) is 18.7 Å². The SMILES string of the molecule is CC(C)(C)[Si](C)(C)O[C@@H]1[C@H](O[P+](=O)O)[C@@H](CO)O[C@H]1n1cnc2c(NC(=O)c3ccccc3)ncnc21.CCCCC.CC[C@H]1O[C@@H](n2cnc3c(NC(=O)c4ccccc4)ncnc32)[C@H](O[Si](C)(C)C(C)(C)C)[C@@H]1O[P+](=O)[O-]. The second-order valence-corrected chi connectivity index (χ2v) is 33.0. The van der Waals surface area contributed by atoms with Crippen LogP contribution in [0.1, 0.15) is 121 Å². The summed E-state index contributed by atoms with van der Waals surface area (Å²) in [5.41, 5.74) is 2.38. The lowest BCUT2D eigenvalue weighted by atomic mass is 10.1. The summed E-state index contributed by atoms with van der Waals surface area (Å²) in [7, 11) is -10.9. The van der Waals surface area contributed by atoms with E-state index in [0.717, 1.165) is 0 Å². The number of amides is 2. The molecule has 27 heteroatoms. The van der Waals surface area contributed by atoms with Crippen molar-refractivity contribution in [3.63, 3.8) is 0 Å². The highest BCUT2D eigenvalue weighted by Gasteiger charge is 2.56. The fourth-order valence-corrected chi connectivity index (χ4v) is 11.7. The molecule has 23 nitrogen and oxygen atoms in total. The largest absolute Gasteiger partial charge is 0.695 e. The summed E-state index contributed by atoms with van der Waals surface area (Å²) >= 11 is 0. The Hall–Kier alpha value is -5.25. The maximum Gasteiger partial charge on any atom is 0.695 e. The molecular formula is C52H75N10O13P2Si2+. The van der Waals surface area contributed by atoms with Gasteiger partial charge in [-0.25, -0.2) is 29.9 Å². The van der Waals surface area contributed by atoms with Gasteiger partial charge < -0.3 is 39.0 Å². The Morgan fingerprint density at radius 3 is 1.39 bits per heavy atom. The molecule has 10 atom stereocenters. The number of imidazole rings is 2. The zero-order valence-corrected chi connectivity index (χ0v) is 50.9. The van der Waals surface area contributed by atoms with Crippen molar-refractivity contribution in [2.24, 2.45) is 0 Å². The van der Waals surface area contributed by atoms with E-state index in [0.29, 0.717) is 39.9 Å². The van der Waals surface area contributed by atoms with Crippen molar-refractivity contribution in [1.29, 1.82) is 0 Å². The van der Waals surface area contributed by atoms with Crippen molar-refractivity contribution in [1.82, 2.24) is 39.0 Å². The fraction of sp³-hybridized carbons (Fsp3) is 0.538. The van der Waals surface area contributed by atoms with Crippen LogP contribution in [-0.4, -0.2) is 121 Å². The topological polar surface area (TPSA) is 298 Å². The number of unbranched alkanes of at least 4 members (excludes halogenated alkanes) is 2. The molecule has 6 heterocycles. The number of benzene rings is 2. The van der Waals surface area contributed by atoms with Crippen molar-refractivity contribution < 1.29 is 61.0 Å². The minimum absolute atomic E-state index is 0.139. The Morgan fingerprint density at radius 2 is 1.05 bits per heavy atom. The van der Waals surface area contributed by atoms with Gasteiger partial charge in [0.1, 0.15) is 31.0 Å². The fourth-order valence-electron chi connectivity index (χ4n) is 8.23. The highest BCUT2D eigenvalue weighted by molar-refractivity contribution is 7.32. The molecule has 0 bridgehead atoms. The number of fused-ring (bicyclic) bond motifs is 2. The van der Waals surface area contributed by atoms with Crippen LogP contribution in [-0.2, 0) is 36.5 Å². The number of aliphatic hydroxyl groups is 1. The molecule has 2 saturated heterocycles. The van der Waals surface area contributed by atoms with E-state index in [1.54, 1.807) is 57.7 Å². The summed E-state index contributed by atoms with van der Waals surface area (Å²) in [4.78, 5) is 72.6. The number of nitrogens with zero attached hydrogens (tertiary/aromatic N) is 8. The molecule has 79 heavy (non-hydrogen) atoms. The quantitative estimate of drug-likeness (QED) is 0.0459. The normalized spacial score (nSPS) is 21.9. The molecule has 2 unspecified atom stereocenters. The Balaban J connectivity index is 0.000000235. The lowest BCUT2D eigenvalue weighted by molar-refractivity contribution is -0.192. The average molecular weight is 1170 g/mol. The van der Waals surface area contributed by atoms with Crippen LogP contribution >= 0.6 is 16.5 Å². The standard InChI is InChI=1S/C24H32N5O6PSi.C23H30N5O7PSi.C5H12/c1-7-16-18(34-36(31)32)19(35-37(5,6)24(2,3)4)23(33-16)29-14-27-17-20(25-13-26-21(17)29)28-22(30)15-11-9-8-10-12-15;1-23(2,3)37(4,5)35-18-17(34-36(31)32)15(11-29)33-22(18)28-13-26-16-19(24-12-25-20(16)28)27-21(30)14-9-7-6-8-10-14;1-3-5-4-2/h8-14,16,18-19,23H,7H2,1-6H3,(H,25,26,28,30);6-10,12-13,15,17-18,22,29H,11H2,1-5H3,(H-,24,25,27,30,31,32);3-5H2,1-2H3/p+1/t16-,18-,19-,23-;15-,17-,18-,22-;/m11./s1. The van der Waals surface area contributed by atoms with Gasteiger partial charge in [-0.2, -0.15) is 0 Å². The number of carbonyl (C=O) groups is 2. The van der Waals surface area contributed by atoms with Gasteiger partial charge in [0.25, 0.3) is 11.8 Å². The van der Waals surface area contributed by atoms with Crippen LogP contribution in [0.4, 0.5) is 11.6 Å². The third kappa shape index (κ3) is 15.2. The Morgan fingerprint density at radius 1 is 0.646 bits per heavy atom. The molecule has 0 radical (unpaired) electrons. The summed E-state index contributed by atoms with van der Waals surface area (Å²) in [6.45, 7) is 26.6. The number of aromatic nitrogens is 8. The van der Waals surface area contributed by atoms with Crippen molar-refractivity contribution in [3.8, 4) is 0 Å². The molecule has 428 valence electrons. The van der Waals surface area contributed by atoms with Gasteiger partial charge in [0, 0.05) is 15.7 Å². The van der Waals surface area contributed by atoms with Gasteiger partial charge in [0.2, 0.25) is 0 Å². The van der Waals surface area contributed by atoms with Crippen LogP contribution in [0.25, 0.3) is 22.3 Å². The summed E-state index contributed by atoms with van der Waals surface area (Å²) < 4.78 is 63.0. The van der Waals surface area contributed by atoms with Crippen molar-refractivity contribution in [2.45, 2.75) is 173 Å². The molecule has 0 spiro atoms. The zero-order valence-electron chi connectivity index (χ0n) is 47.1. The van der Waals surface area contributed by atoms with Crippen LogP contribution in [0.5, 0.6) is 0 Å². The number of anilines is 2. The van der Waals surface area contributed by atoms with E-state index >= 15 is 0 Å². The van der Waals surface area contributed by atoms with Crippen molar-refractivity contribution >= 4 is 78.9 Å². The monoisotopic (exact) mass is 1170 g/mol. The van der Waals surface area contributed by atoms with Crippen molar-refractivity contribution in [3.05, 3.63) is 97.1 Å². The van der Waals surface area contributed by atoms with Gasteiger partial charge in [-0.1, -0.05) is 118 Å². The van der Waals surface area contributed by atoms with Gasteiger partial charge in [-0.15, -0.1) is 13.9 Å². The summed E-state index contributed by atoms with van der Waals surface area (Å²) in [6.07, 6.45) is 3.71. The number of ether oxygens (including phenoxy) is 2. The Labute approximate surface area is 464 Å². The van der Waals surface area contributed by atoms with Crippen LogP contribution < -0.4 is 15.5 Å². The maximum atomic E-state index is 12.7. The molecule has 2 aromatic carbocycles. The Bertz CT molecular complexity index is 2820. The maximum absolute atomic E-state index is 12.7. The van der Waals surface area contributed by atoms with Crippen LogP contribution in [0.15, 0.2) is 86.0 Å². The number of rotatable bonds is 18. The van der Waals surface area contributed by atoms with Crippen LogP contribution in [0.2, 0.25) is 36.3 Å². The predicted molar refractivity (Wildman–Crippen MR) is 301 cm³/mol. The van der Waals surface area contributed by atoms with Gasteiger partial charge >= 0.3 is 16.5 Å². The molecule has 2 aliphatic heterocycles. The Kier molecular flexibility index (Phi) is 21.5. The van der Waals surface area contributed by atoms with Gasteiger partial charge in [0.15, 0.2) is 75.3 Å². The molecule has 8 rings (SSSR count). The highest BCUT2D eigenvalue weighted by atomic mass is 31.1. The third-order valence-electron chi connectivity index (χ3n) is 14.6. The molecule has 4 N–H and O–H groups in total. The zero-order chi connectivity index (χ0) is 58.0. The molecule has 6 aromatic rings. The molecule has 0 aliphatic carbocycles. The van der Waals surface area contributed by atoms with Crippen molar-refractivity contribution in [2.75, 3.05) is 17.2 Å². The van der Waals surface area contributed by atoms with E-state index in [1.807, 2.05) is 32.2 Å². The first-order chi connectivity index (χ1) is 37.3. The number of nitrogens with one attached hydrogen (secondary N) is 2. The lowest BCUT2D eigenvalue weighted by Crippen LogP contribution is -2.49. The van der Waals surface area contributed by atoms with E-state index in [9.17, 15) is 33.6 Å². The molecule has 4 aromatic heterocycles. The van der Waals surface area contributed by atoms with Gasteiger partial charge in [0.05, 0.1) is 25.4 Å². The van der Waals surface area contributed by atoms with Gasteiger partial charge in [-0.05, 0) is 71.5 Å². The number of hydrogen-bond acceptors (Lipinski definition) is 18. The molecule has 2 aliphatic rings. The highest BCUT2D eigenvalue weighted by Crippen LogP contribution is 2.47. The number of aliphatic hydroxyl groups excluding tert-OH is 1. The van der Waals surface area contributed by atoms with E-state index < -0.39 is 88.8 Å². The lowest BCUT2D eigenvalue weighted by Gasteiger charge is -2.40. The number of hydrogen-bond donors (Lipinski definition) is 4. The third-order valence-corrected chi connectivity index (χ3v) is 24.3. The summed E-state index contributed by atoms with van der Waals surface area (Å²) in [5, 5.41) is 15.2.